The van der Waals surface area contributed by atoms with Crippen LogP contribution in [-0.2, 0) is 9.53 Å². The highest BCUT2D eigenvalue weighted by atomic mass is 16.7. The van der Waals surface area contributed by atoms with Gasteiger partial charge in [0.15, 0.2) is 11.5 Å². The summed E-state index contributed by atoms with van der Waals surface area (Å²) in [7, 11) is 0. The third-order valence-electron chi connectivity index (χ3n) is 5.61. The molecule has 3 aliphatic rings. The number of benzene rings is 2. The van der Waals surface area contributed by atoms with E-state index >= 15 is 0 Å². The molecule has 7 heteroatoms. The average Bonchev–Trinajstić information content (AvgIpc) is 3.34. The minimum Gasteiger partial charge on any atom is -0.454 e. The second-order valence-corrected chi connectivity index (χ2v) is 7.74. The van der Waals surface area contributed by atoms with Gasteiger partial charge in [-0.15, -0.1) is 5.10 Å². The van der Waals surface area contributed by atoms with Crippen molar-refractivity contribution in [2.75, 3.05) is 6.79 Å². The number of fused-ring (bicyclic) bond motifs is 2. The summed E-state index contributed by atoms with van der Waals surface area (Å²) in [4.78, 5) is 17.2. The van der Waals surface area contributed by atoms with Gasteiger partial charge in [-0.25, -0.2) is 0 Å². The summed E-state index contributed by atoms with van der Waals surface area (Å²) in [6.07, 6.45) is 1.64. The van der Waals surface area contributed by atoms with Gasteiger partial charge in [-0.2, -0.15) is 5.01 Å². The lowest BCUT2D eigenvalue weighted by atomic mass is 10.1. The highest BCUT2D eigenvalue weighted by molar-refractivity contribution is 6.07. The van der Waals surface area contributed by atoms with Crippen molar-refractivity contribution in [2.45, 2.75) is 31.9 Å². The van der Waals surface area contributed by atoms with Crippen LogP contribution in [0.1, 0.15) is 48.7 Å². The Labute approximate surface area is 172 Å². The van der Waals surface area contributed by atoms with Gasteiger partial charge in [0.2, 0.25) is 24.8 Å². The fourth-order valence-corrected chi connectivity index (χ4v) is 3.92. The molecule has 3 aromatic rings. The molecule has 1 aromatic heterocycles. The van der Waals surface area contributed by atoms with E-state index in [-0.39, 0.29) is 12.7 Å². The minimum absolute atomic E-state index is 0.190. The number of carbonyl (C=O) groups excluding carboxylic acids is 1. The van der Waals surface area contributed by atoms with Crippen LogP contribution in [0, 0.1) is 0 Å². The van der Waals surface area contributed by atoms with Crippen molar-refractivity contribution in [1.29, 1.82) is 0 Å². The van der Waals surface area contributed by atoms with Gasteiger partial charge in [-0.05, 0) is 43.2 Å². The van der Waals surface area contributed by atoms with E-state index < -0.39 is 6.23 Å². The second kappa shape index (κ2) is 6.45. The van der Waals surface area contributed by atoms with Crippen LogP contribution in [0.4, 0.5) is 0 Å². The number of carbonyl (C=O) groups is 1. The van der Waals surface area contributed by atoms with Crippen LogP contribution in [0.15, 0.2) is 53.6 Å². The van der Waals surface area contributed by atoms with Gasteiger partial charge in [0.1, 0.15) is 0 Å². The fourth-order valence-electron chi connectivity index (χ4n) is 3.92. The summed E-state index contributed by atoms with van der Waals surface area (Å²) in [6.45, 7) is 1.67. The van der Waals surface area contributed by atoms with Gasteiger partial charge in [0, 0.05) is 35.0 Å². The van der Waals surface area contributed by atoms with Crippen molar-refractivity contribution >= 4 is 22.7 Å². The maximum Gasteiger partial charge on any atom is 0.243 e. The first-order valence-corrected chi connectivity index (χ1v) is 10.0. The summed E-state index contributed by atoms with van der Waals surface area (Å²) in [5, 5.41) is 6.89. The van der Waals surface area contributed by atoms with E-state index in [0.717, 1.165) is 40.6 Å². The summed E-state index contributed by atoms with van der Waals surface area (Å²) < 4.78 is 17.1. The van der Waals surface area contributed by atoms with Gasteiger partial charge in [0.05, 0.1) is 5.52 Å². The lowest BCUT2D eigenvalue weighted by Gasteiger charge is -2.19. The van der Waals surface area contributed by atoms with Crippen LogP contribution in [0.25, 0.3) is 10.9 Å². The maximum atomic E-state index is 12.4. The molecule has 0 bridgehead atoms. The monoisotopic (exact) mass is 401 g/mol. The molecule has 150 valence electrons. The number of aromatic nitrogens is 1. The number of hydrogen-bond donors (Lipinski definition) is 0. The number of para-hydroxylation sites is 1. The first-order valence-electron chi connectivity index (χ1n) is 10.0. The lowest BCUT2D eigenvalue weighted by Crippen LogP contribution is -2.25. The van der Waals surface area contributed by atoms with Gasteiger partial charge in [-0.3, -0.25) is 9.78 Å². The Morgan fingerprint density at radius 2 is 1.90 bits per heavy atom. The third kappa shape index (κ3) is 2.77. The van der Waals surface area contributed by atoms with Gasteiger partial charge >= 0.3 is 0 Å². The summed E-state index contributed by atoms with van der Waals surface area (Å²) in [6, 6.07) is 15.5. The van der Waals surface area contributed by atoms with Crippen LogP contribution in [0.3, 0.4) is 0 Å². The van der Waals surface area contributed by atoms with Crippen molar-refractivity contribution in [1.82, 2.24) is 9.99 Å². The SMILES string of the molecule is CC(=O)N1N=C(c2cc(C3CC3)nc3ccccc23)OC1c1ccc2c(c1)OCO2. The van der Waals surface area contributed by atoms with E-state index in [1.165, 1.54) is 11.9 Å². The molecule has 0 N–H and O–H groups in total. The zero-order valence-corrected chi connectivity index (χ0v) is 16.4. The average molecular weight is 401 g/mol. The van der Waals surface area contributed by atoms with Crippen LogP contribution in [-0.4, -0.2) is 28.6 Å². The summed E-state index contributed by atoms with van der Waals surface area (Å²) in [5.74, 6) is 2.03. The molecule has 0 saturated heterocycles. The van der Waals surface area contributed by atoms with Crippen molar-refractivity contribution < 1.29 is 19.0 Å². The minimum atomic E-state index is -0.664. The van der Waals surface area contributed by atoms with Crippen LogP contribution < -0.4 is 9.47 Å². The topological polar surface area (TPSA) is 73.3 Å². The smallest absolute Gasteiger partial charge is 0.243 e. The summed E-state index contributed by atoms with van der Waals surface area (Å²) >= 11 is 0. The quantitative estimate of drug-likeness (QED) is 0.661. The molecule has 3 heterocycles. The predicted octanol–water partition coefficient (Wildman–Crippen LogP) is 4.08. The first kappa shape index (κ1) is 17.3. The van der Waals surface area contributed by atoms with Crippen molar-refractivity contribution in [3.8, 4) is 11.5 Å². The number of pyridine rings is 1. The molecular formula is C23H19N3O4. The van der Waals surface area contributed by atoms with E-state index in [0.29, 0.717) is 23.3 Å². The van der Waals surface area contributed by atoms with E-state index in [2.05, 4.69) is 11.2 Å². The molecule has 1 unspecified atom stereocenters. The molecule has 0 spiro atoms. The lowest BCUT2D eigenvalue weighted by molar-refractivity contribution is -0.135. The van der Waals surface area contributed by atoms with Gasteiger partial charge < -0.3 is 14.2 Å². The molecule has 1 atom stereocenters. The van der Waals surface area contributed by atoms with E-state index in [1.807, 2.05) is 42.5 Å². The molecule has 1 fully saturated rings. The second-order valence-electron chi connectivity index (χ2n) is 7.74. The summed E-state index contributed by atoms with van der Waals surface area (Å²) in [5.41, 5.74) is 3.59. The molecule has 30 heavy (non-hydrogen) atoms. The highest BCUT2D eigenvalue weighted by Crippen LogP contribution is 2.42. The molecule has 1 aliphatic carbocycles. The van der Waals surface area contributed by atoms with Crippen LogP contribution >= 0.6 is 0 Å². The number of hydrazone groups is 1. The molecule has 6 rings (SSSR count). The number of ether oxygens (including phenoxy) is 3. The number of hydrogen-bond acceptors (Lipinski definition) is 6. The Balaban J connectivity index is 1.43. The largest absolute Gasteiger partial charge is 0.454 e. The standard InChI is InChI=1S/C23H19N3O4/c1-13(27)26-23(15-8-9-20-21(10-15)29-12-28-20)30-22(25-26)17-11-19(14-6-7-14)24-18-5-3-2-4-16(17)18/h2-5,8-11,14,23H,6-7,12H2,1H3. The number of rotatable bonds is 3. The molecule has 1 amide bonds. The van der Waals surface area contributed by atoms with Crippen molar-refractivity contribution in [3.05, 3.63) is 65.4 Å². The highest BCUT2D eigenvalue weighted by Gasteiger charge is 2.35. The fraction of sp³-hybridized carbons (Fsp3) is 0.261. The Kier molecular flexibility index (Phi) is 3.71. The molecule has 0 radical (unpaired) electrons. The Morgan fingerprint density at radius 3 is 2.73 bits per heavy atom. The van der Waals surface area contributed by atoms with Crippen LogP contribution in [0.5, 0.6) is 11.5 Å². The van der Waals surface area contributed by atoms with Gasteiger partial charge in [-0.1, -0.05) is 18.2 Å². The molecule has 1 saturated carbocycles. The van der Waals surface area contributed by atoms with Crippen molar-refractivity contribution in [3.63, 3.8) is 0 Å². The molecule has 2 aliphatic heterocycles. The maximum absolute atomic E-state index is 12.4. The zero-order valence-electron chi connectivity index (χ0n) is 16.4. The first-order chi connectivity index (χ1) is 14.7. The van der Waals surface area contributed by atoms with Crippen LogP contribution in [0.2, 0.25) is 0 Å². The molecule has 2 aromatic carbocycles. The van der Waals surface area contributed by atoms with Gasteiger partial charge in [0.25, 0.3) is 0 Å². The zero-order chi connectivity index (χ0) is 20.2. The Hall–Kier alpha value is -3.61. The Morgan fingerprint density at radius 1 is 1.07 bits per heavy atom. The van der Waals surface area contributed by atoms with Crippen molar-refractivity contribution in [2.24, 2.45) is 5.10 Å². The van der Waals surface area contributed by atoms with E-state index in [4.69, 9.17) is 19.2 Å². The normalized spacial score (nSPS) is 19.7. The number of amides is 1. The van der Waals surface area contributed by atoms with E-state index in [1.54, 1.807) is 0 Å². The van der Waals surface area contributed by atoms with E-state index in [9.17, 15) is 4.79 Å². The third-order valence-corrected chi connectivity index (χ3v) is 5.61. The molecule has 7 nitrogen and oxygen atoms in total. The number of nitrogens with zero attached hydrogens (tertiary/aromatic N) is 3. The Bertz CT molecular complexity index is 1220. The molecular weight excluding hydrogens is 382 g/mol. The predicted molar refractivity (Wildman–Crippen MR) is 109 cm³/mol.